The lowest BCUT2D eigenvalue weighted by atomic mass is 10.2. The normalized spacial score (nSPS) is 11.6. The number of aliphatic hydroxyl groups is 2. The SMILES string of the molecule is CCCCC/C=C\C/C=C\C/C=C\C/C=C\CCCC(=O)NCCO.CO. The second kappa shape index (κ2) is 26.6. The summed E-state index contributed by atoms with van der Waals surface area (Å²) in [5.41, 5.74) is 0. The lowest BCUT2D eigenvalue weighted by Gasteiger charge is -2.00. The minimum Gasteiger partial charge on any atom is -0.400 e. The zero-order valence-corrected chi connectivity index (χ0v) is 17.4. The summed E-state index contributed by atoms with van der Waals surface area (Å²) in [6, 6.07) is 0. The van der Waals surface area contributed by atoms with E-state index in [2.05, 4.69) is 60.8 Å². The number of hydrogen-bond acceptors (Lipinski definition) is 3. The average molecular weight is 380 g/mol. The maximum Gasteiger partial charge on any atom is 0.220 e. The van der Waals surface area contributed by atoms with Gasteiger partial charge in [0.1, 0.15) is 0 Å². The van der Waals surface area contributed by atoms with Crippen LogP contribution < -0.4 is 5.32 Å². The van der Waals surface area contributed by atoms with Gasteiger partial charge in [0.05, 0.1) is 6.61 Å². The van der Waals surface area contributed by atoms with Gasteiger partial charge < -0.3 is 15.5 Å². The fourth-order valence-electron chi connectivity index (χ4n) is 2.23. The standard InChI is InChI=1S/C22H37NO2.CH4O/c1-2-3-4-5-6-7-8-9-10-11-12-13-14-15-16-17-18-19-22(25)23-20-21-24;1-2/h6-7,9-10,12-13,15-16,24H,2-5,8,11,14,17-21H2,1H3,(H,23,25);2H,1H3/b7-6-,10-9-,13-12-,16-15-;. The Bertz CT molecular complexity index is 412. The number of rotatable bonds is 16. The molecule has 0 rings (SSSR count). The third kappa shape index (κ3) is 26.7. The monoisotopic (exact) mass is 379 g/mol. The Morgan fingerprint density at radius 2 is 1.26 bits per heavy atom. The van der Waals surface area contributed by atoms with Gasteiger partial charge in [0.25, 0.3) is 0 Å². The fraction of sp³-hybridized carbons (Fsp3) is 0.609. The molecule has 0 heterocycles. The van der Waals surface area contributed by atoms with E-state index in [1.165, 1.54) is 25.7 Å². The van der Waals surface area contributed by atoms with Crippen LogP contribution in [-0.4, -0.2) is 36.4 Å². The van der Waals surface area contributed by atoms with Crippen LogP contribution in [0.15, 0.2) is 48.6 Å². The van der Waals surface area contributed by atoms with E-state index in [9.17, 15) is 4.79 Å². The molecule has 1 amide bonds. The molecule has 156 valence electrons. The molecule has 0 aliphatic heterocycles. The van der Waals surface area contributed by atoms with Crippen molar-refractivity contribution >= 4 is 5.91 Å². The van der Waals surface area contributed by atoms with Crippen molar-refractivity contribution in [3.63, 3.8) is 0 Å². The minimum atomic E-state index is 0.00289. The molecule has 0 fully saturated rings. The van der Waals surface area contributed by atoms with Gasteiger partial charge in [0, 0.05) is 20.1 Å². The maximum absolute atomic E-state index is 11.3. The summed E-state index contributed by atoms with van der Waals surface area (Å²) < 4.78 is 0. The summed E-state index contributed by atoms with van der Waals surface area (Å²) in [6.45, 7) is 2.59. The second-order valence-electron chi connectivity index (χ2n) is 6.05. The van der Waals surface area contributed by atoms with E-state index >= 15 is 0 Å². The van der Waals surface area contributed by atoms with E-state index in [1.807, 2.05) is 0 Å². The van der Waals surface area contributed by atoms with Crippen LogP contribution in [0, 0.1) is 0 Å². The van der Waals surface area contributed by atoms with Gasteiger partial charge >= 0.3 is 0 Å². The molecule has 0 spiro atoms. The van der Waals surface area contributed by atoms with Crippen LogP contribution in [0.2, 0.25) is 0 Å². The molecule has 0 radical (unpaired) electrons. The van der Waals surface area contributed by atoms with Crippen LogP contribution in [-0.2, 0) is 4.79 Å². The topological polar surface area (TPSA) is 69.6 Å². The highest BCUT2D eigenvalue weighted by Crippen LogP contribution is 2.01. The predicted octanol–water partition coefficient (Wildman–Crippen LogP) is 4.85. The number of nitrogens with one attached hydrogen (secondary N) is 1. The molecular formula is C23H41NO3. The van der Waals surface area contributed by atoms with Gasteiger partial charge in [-0.15, -0.1) is 0 Å². The Kier molecular flexibility index (Phi) is 27.1. The van der Waals surface area contributed by atoms with Crippen LogP contribution in [0.4, 0.5) is 0 Å². The molecule has 0 aliphatic carbocycles. The minimum absolute atomic E-state index is 0.00289. The van der Waals surface area contributed by atoms with E-state index in [-0.39, 0.29) is 12.5 Å². The van der Waals surface area contributed by atoms with Crippen molar-refractivity contribution in [1.29, 1.82) is 0 Å². The van der Waals surface area contributed by atoms with Crippen molar-refractivity contribution in [2.24, 2.45) is 0 Å². The molecule has 0 aromatic heterocycles. The summed E-state index contributed by atoms with van der Waals surface area (Å²) in [7, 11) is 1.00. The van der Waals surface area contributed by atoms with Crippen molar-refractivity contribution < 1.29 is 15.0 Å². The summed E-state index contributed by atoms with van der Waals surface area (Å²) in [5, 5.41) is 18.2. The molecule has 0 saturated carbocycles. The molecule has 0 atom stereocenters. The van der Waals surface area contributed by atoms with E-state index in [0.29, 0.717) is 13.0 Å². The van der Waals surface area contributed by atoms with Gasteiger partial charge in [-0.25, -0.2) is 0 Å². The molecule has 27 heavy (non-hydrogen) atoms. The third-order valence-corrected chi connectivity index (χ3v) is 3.67. The quantitative estimate of drug-likeness (QED) is 0.265. The van der Waals surface area contributed by atoms with Crippen molar-refractivity contribution in [3.8, 4) is 0 Å². The number of aliphatic hydroxyl groups excluding tert-OH is 2. The van der Waals surface area contributed by atoms with Crippen LogP contribution in [0.5, 0.6) is 0 Å². The summed E-state index contributed by atoms with van der Waals surface area (Å²) >= 11 is 0. The van der Waals surface area contributed by atoms with E-state index < -0.39 is 0 Å². The number of carbonyl (C=O) groups is 1. The zero-order valence-electron chi connectivity index (χ0n) is 17.4. The van der Waals surface area contributed by atoms with Crippen LogP contribution in [0.1, 0.15) is 71.1 Å². The molecule has 0 bridgehead atoms. The van der Waals surface area contributed by atoms with Gasteiger partial charge in [-0.1, -0.05) is 68.4 Å². The number of amides is 1. The summed E-state index contributed by atoms with van der Waals surface area (Å²) in [6.07, 6.45) is 28.0. The van der Waals surface area contributed by atoms with Gasteiger partial charge in [-0.3, -0.25) is 4.79 Å². The largest absolute Gasteiger partial charge is 0.400 e. The van der Waals surface area contributed by atoms with Gasteiger partial charge in [-0.05, 0) is 44.9 Å². The third-order valence-electron chi connectivity index (χ3n) is 3.67. The molecular weight excluding hydrogens is 338 g/mol. The second-order valence-corrected chi connectivity index (χ2v) is 6.05. The highest BCUT2D eigenvalue weighted by molar-refractivity contribution is 5.75. The summed E-state index contributed by atoms with van der Waals surface area (Å²) in [4.78, 5) is 11.3. The molecule has 0 unspecified atom stereocenters. The van der Waals surface area contributed by atoms with E-state index in [0.717, 1.165) is 39.2 Å². The average Bonchev–Trinajstić information content (AvgIpc) is 2.70. The number of allylic oxidation sites excluding steroid dienone is 8. The molecule has 4 nitrogen and oxygen atoms in total. The van der Waals surface area contributed by atoms with Crippen LogP contribution in [0.3, 0.4) is 0 Å². The first-order chi connectivity index (χ1) is 13.3. The smallest absolute Gasteiger partial charge is 0.220 e. The molecule has 0 saturated heterocycles. The highest BCUT2D eigenvalue weighted by Gasteiger charge is 1.97. The van der Waals surface area contributed by atoms with Gasteiger partial charge in [0.15, 0.2) is 0 Å². The zero-order chi connectivity index (χ0) is 20.4. The molecule has 3 N–H and O–H groups in total. The first kappa shape index (κ1) is 27.6. The van der Waals surface area contributed by atoms with E-state index in [4.69, 9.17) is 10.2 Å². The molecule has 0 aliphatic rings. The van der Waals surface area contributed by atoms with Crippen molar-refractivity contribution in [3.05, 3.63) is 48.6 Å². The Morgan fingerprint density at radius 3 is 1.74 bits per heavy atom. The number of carbonyl (C=O) groups excluding carboxylic acids is 1. The number of hydrogen-bond donors (Lipinski definition) is 3. The van der Waals surface area contributed by atoms with Crippen molar-refractivity contribution in [1.82, 2.24) is 5.32 Å². The first-order valence-corrected chi connectivity index (χ1v) is 10.2. The highest BCUT2D eigenvalue weighted by atomic mass is 16.3. The van der Waals surface area contributed by atoms with Crippen LogP contribution >= 0.6 is 0 Å². The fourth-order valence-corrected chi connectivity index (χ4v) is 2.23. The predicted molar refractivity (Wildman–Crippen MR) is 117 cm³/mol. The maximum atomic E-state index is 11.3. The molecule has 0 aromatic carbocycles. The Morgan fingerprint density at radius 1 is 0.778 bits per heavy atom. The lowest BCUT2D eigenvalue weighted by Crippen LogP contribution is -2.25. The van der Waals surface area contributed by atoms with Gasteiger partial charge in [-0.2, -0.15) is 0 Å². The van der Waals surface area contributed by atoms with Crippen molar-refractivity contribution in [2.45, 2.75) is 71.1 Å². The Balaban J connectivity index is 0. The summed E-state index contributed by atoms with van der Waals surface area (Å²) in [5.74, 6) is 0.0185. The van der Waals surface area contributed by atoms with Crippen molar-refractivity contribution in [2.75, 3.05) is 20.3 Å². The molecule has 0 aromatic rings. The van der Waals surface area contributed by atoms with Gasteiger partial charge in [0.2, 0.25) is 5.91 Å². The van der Waals surface area contributed by atoms with E-state index in [1.54, 1.807) is 0 Å². The first-order valence-electron chi connectivity index (χ1n) is 10.2. The number of unbranched alkanes of at least 4 members (excludes halogenated alkanes) is 4. The van der Waals surface area contributed by atoms with Crippen LogP contribution in [0.25, 0.3) is 0 Å². The Hall–Kier alpha value is -1.65. The lowest BCUT2D eigenvalue weighted by molar-refractivity contribution is -0.121. The Labute approximate surface area is 166 Å². The molecule has 4 heteroatoms.